The predicted octanol–water partition coefficient (Wildman–Crippen LogP) is 7.89. The summed E-state index contributed by atoms with van der Waals surface area (Å²) in [4.78, 5) is 0. The Hall–Kier alpha value is -3.03. The number of rotatable bonds is 5. The Morgan fingerprint density at radius 3 is 2.15 bits per heavy atom. The van der Waals surface area contributed by atoms with Crippen molar-refractivity contribution in [3.63, 3.8) is 0 Å². The van der Waals surface area contributed by atoms with Crippen molar-refractivity contribution in [1.82, 2.24) is 9.78 Å². The molecule has 0 aliphatic rings. The number of benzene rings is 3. The second-order valence-corrected chi connectivity index (χ2v) is 8.09. The first-order valence-electron chi connectivity index (χ1n) is 9.73. The molecule has 0 bridgehead atoms. The molecule has 0 amide bonds. The van der Waals surface area contributed by atoms with Gasteiger partial charge in [-0.2, -0.15) is 18.3 Å². The van der Waals surface area contributed by atoms with Crippen LogP contribution in [-0.2, 0) is 12.8 Å². The smallest absolute Gasteiger partial charge is 0.435 e. The Bertz CT molecular complexity index is 1280. The normalized spacial score (nSPS) is 11.6. The number of para-hydroxylation sites is 1. The van der Waals surface area contributed by atoms with Gasteiger partial charge in [0.15, 0.2) is 5.69 Å². The SMILES string of the molecule is Cc1cc(-c2ccc(OCc3cc(C(F)(F)F)nn3-c3c(Cl)cccc3Cl)cc2)ccc1F. The van der Waals surface area contributed by atoms with Crippen LogP contribution in [0.25, 0.3) is 16.8 Å². The number of hydrogen-bond acceptors (Lipinski definition) is 2. The number of nitrogens with zero attached hydrogens (tertiary/aromatic N) is 2. The third kappa shape index (κ3) is 4.99. The highest BCUT2D eigenvalue weighted by atomic mass is 35.5. The van der Waals surface area contributed by atoms with Gasteiger partial charge in [-0.15, -0.1) is 0 Å². The molecule has 4 aromatic rings. The van der Waals surface area contributed by atoms with E-state index in [-0.39, 0.29) is 33.9 Å². The second kappa shape index (κ2) is 9.08. The van der Waals surface area contributed by atoms with Crippen LogP contribution in [-0.4, -0.2) is 9.78 Å². The Morgan fingerprint density at radius 2 is 1.55 bits per heavy atom. The Morgan fingerprint density at radius 1 is 0.909 bits per heavy atom. The van der Waals surface area contributed by atoms with E-state index in [2.05, 4.69) is 5.10 Å². The summed E-state index contributed by atoms with van der Waals surface area (Å²) in [6, 6.07) is 17.2. The first-order chi connectivity index (χ1) is 15.6. The molecule has 1 aromatic heterocycles. The summed E-state index contributed by atoms with van der Waals surface area (Å²) in [5.41, 5.74) is 1.38. The molecule has 0 fully saturated rings. The molecule has 0 spiro atoms. The van der Waals surface area contributed by atoms with Gasteiger partial charge in [-0.05, 0) is 66.1 Å². The molecule has 4 rings (SSSR count). The lowest BCUT2D eigenvalue weighted by Gasteiger charge is -2.12. The minimum atomic E-state index is -4.65. The van der Waals surface area contributed by atoms with E-state index in [1.54, 1.807) is 49.4 Å². The summed E-state index contributed by atoms with van der Waals surface area (Å²) in [5.74, 6) is 0.149. The van der Waals surface area contributed by atoms with Crippen LogP contribution in [0.5, 0.6) is 5.75 Å². The van der Waals surface area contributed by atoms with Crippen molar-refractivity contribution in [2.75, 3.05) is 0 Å². The third-order valence-corrected chi connectivity index (χ3v) is 5.57. The summed E-state index contributed by atoms with van der Waals surface area (Å²) in [5, 5.41) is 3.97. The zero-order valence-electron chi connectivity index (χ0n) is 17.1. The molecular weight excluding hydrogens is 479 g/mol. The van der Waals surface area contributed by atoms with Crippen molar-refractivity contribution >= 4 is 23.2 Å². The highest BCUT2D eigenvalue weighted by Gasteiger charge is 2.35. The number of aryl methyl sites for hydroxylation is 1. The van der Waals surface area contributed by atoms with E-state index < -0.39 is 11.9 Å². The zero-order valence-corrected chi connectivity index (χ0v) is 18.6. The number of aromatic nitrogens is 2. The molecule has 0 aliphatic carbocycles. The van der Waals surface area contributed by atoms with Gasteiger partial charge in [0.25, 0.3) is 0 Å². The summed E-state index contributed by atoms with van der Waals surface area (Å²) in [6.45, 7) is 1.47. The lowest BCUT2D eigenvalue weighted by Crippen LogP contribution is -2.09. The first-order valence-corrected chi connectivity index (χ1v) is 10.5. The number of alkyl halides is 3. The van der Waals surface area contributed by atoms with Crippen molar-refractivity contribution in [2.24, 2.45) is 0 Å². The van der Waals surface area contributed by atoms with Crippen molar-refractivity contribution in [2.45, 2.75) is 19.7 Å². The fraction of sp³-hybridized carbons (Fsp3) is 0.125. The lowest BCUT2D eigenvalue weighted by molar-refractivity contribution is -0.141. The topological polar surface area (TPSA) is 27.1 Å². The average molecular weight is 495 g/mol. The van der Waals surface area contributed by atoms with Crippen LogP contribution < -0.4 is 4.74 Å². The number of ether oxygens (including phenoxy) is 1. The van der Waals surface area contributed by atoms with Crippen molar-refractivity contribution in [3.05, 3.63) is 99.5 Å². The van der Waals surface area contributed by atoms with Gasteiger partial charge in [0.1, 0.15) is 23.9 Å². The largest absolute Gasteiger partial charge is 0.487 e. The summed E-state index contributed by atoms with van der Waals surface area (Å²) < 4.78 is 60.2. The van der Waals surface area contributed by atoms with E-state index in [0.717, 1.165) is 21.9 Å². The van der Waals surface area contributed by atoms with Gasteiger partial charge in [-0.1, -0.05) is 47.5 Å². The summed E-state index contributed by atoms with van der Waals surface area (Å²) in [7, 11) is 0. The van der Waals surface area contributed by atoms with E-state index >= 15 is 0 Å². The maximum absolute atomic E-state index is 13.5. The van der Waals surface area contributed by atoms with Gasteiger partial charge in [-0.25, -0.2) is 9.07 Å². The molecule has 1 heterocycles. The van der Waals surface area contributed by atoms with Crippen molar-refractivity contribution in [3.8, 4) is 22.6 Å². The van der Waals surface area contributed by atoms with Gasteiger partial charge in [-0.3, -0.25) is 0 Å². The van der Waals surface area contributed by atoms with Crippen LogP contribution in [0, 0.1) is 12.7 Å². The van der Waals surface area contributed by atoms with Crippen LogP contribution >= 0.6 is 23.2 Å². The number of hydrogen-bond donors (Lipinski definition) is 0. The van der Waals surface area contributed by atoms with Crippen molar-refractivity contribution in [1.29, 1.82) is 0 Å². The van der Waals surface area contributed by atoms with Crippen LogP contribution in [0.2, 0.25) is 10.0 Å². The zero-order chi connectivity index (χ0) is 23.8. The van der Waals surface area contributed by atoms with Crippen LogP contribution in [0.4, 0.5) is 17.6 Å². The van der Waals surface area contributed by atoms with Crippen LogP contribution in [0.1, 0.15) is 17.0 Å². The van der Waals surface area contributed by atoms with Gasteiger partial charge in [0.2, 0.25) is 0 Å². The molecule has 0 atom stereocenters. The third-order valence-electron chi connectivity index (χ3n) is 4.96. The summed E-state index contributed by atoms with van der Waals surface area (Å²) in [6.07, 6.45) is -4.65. The van der Waals surface area contributed by atoms with E-state index in [0.29, 0.717) is 11.3 Å². The fourth-order valence-electron chi connectivity index (χ4n) is 3.27. The molecule has 3 nitrogen and oxygen atoms in total. The van der Waals surface area contributed by atoms with Gasteiger partial charge < -0.3 is 4.74 Å². The molecule has 0 N–H and O–H groups in total. The molecule has 0 saturated carbocycles. The highest BCUT2D eigenvalue weighted by molar-refractivity contribution is 6.37. The molecule has 0 radical (unpaired) electrons. The van der Waals surface area contributed by atoms with Gasteiger partial charge in [0, 0.05) is 0 Å². The standard InChI is InChI=1S/C24H16Cl2F4N2O/c1-14-11-16(7-10-21(14)27)15-5-8-18(9-6-15)33-13-17-12-22(24(28,29)30)31-32(17)23-19(25)3-2-4-20(23)26/h2-12H,13H2,1H3. The van der Waals surface area contributed by atoms with E-state index in [1.165, 1.54) is 18.2 Å². The Kier molecular flexibility index (Phi) is 6.36. The molecule has 0 aliphatic heterocycles. The lowest BCUT2D eigenvalue weighted by atomic mass is 10.0. The fourth-order valence-corrected chi connectivity index (χ4v) is 3.83. The average Bonchev–Trinajstić information content (AvgIpc) is 3.19. The van der Waals surface area contributed by atoms with Crippen LogP contribution in [0.3, 0.4) is 0 Å². The minimum absolute atomic E-state index is 0.121. The molecule has 170 valence electrons. The molecule has 0 saturated heterocycles. The van der Waals surface area contributed by atoms with E-state index in [9.17, 15) is 17.6 Å². The second-order valence-electron chi connectivity index (χ2n) is 7.28. The molecule has 0 unspecified atom stereocenters. The summed E-state index contributed by atoms with van der Waals surface area (Å²) >= 11 is 12.4. The minimum Gasteiger partial charge on any atom is -0.487 e. The molecule has 3 aromatic carbocycles. The van der Waals surface area contributed by atoms with Gasteiger partial charge in [0.05, 0.1) is 15.7 Å². The molecular formula is C24H16Cl2F4N2O. The predicted molar refractivity (Wildman–Crippen MR) is 119 cm³/mol. The Labute approximate surface area is 197 Å². The molecule has 33 heavy (non-hydrogen) atoms. The highest BCUT2D eigenvalue weighted by Crippen LogP contribution is 2.34. The number of halogens is 6. The van der Waals surface area contributed by atoms with Crippen molar-refractivity contribution < 1.29 is 22.3 Å². The van der Waals surface area contributed by atoms with E-state index in [1.807, 2.05) is 0 Å². The van der Waals surface area contributed by atoms with Gasteiger partial charge >= 0.3 is 6.18 Å². The maximum Gasteiger partial charge on any atom is 0.435 e. The van der Waals surface area contributed by atoms with E-state index in [4.69, 9.17) is 27.9 Å². The van der Waals surface area contributed by atoms with Crippen LogP contribution in [0.15, 0.2) is 66.7 Å². The molecule has 9 heteroatoms. The maximum atomic E-state index is 13.5. The Balaban J connectivity index is 1.60. The quantitative estimate of drug-likeness (QED) is 0.263. The monoisotopic (exact) mass is 494 g/mol. The first kappa shape index (κ1) is 23.1.